The second-order valence-electron chi connectivity index (χ2n) is 5.50. The van der Waals surface area contributed by atoms with Crippen molar-refractivity contribution in [1.29, 1.82) is 0 Å². The number of urea groups is 1. The highest BCUT2D eigenvalue weighted by atomic mass is 16.2. The molecule has 18 heavy (non-hydrogen) atoms. The maximum atomic E-state index is 12.1. The molecule has 2 unspecified atom stereocenters. The van der Waals surface area contributed by atoms with Crippen molar-refractivity contribution in [2.24, 2.45) is 11.8 Å². The lowest BCUT2D eigenvalue weighted by atomic mass is 10.0. The lowest BCUT2D eigenvalue weighted by Crippen LogP contribution is -2.38. The largest absolute Gasteiger partial charge is 0.334 e. The fraction of sp³-hybridized carbons (Fsp3) is 0.533. The van der Waals surface area contributed by atoms with Crippen LogP contribution in [0, 0.1) is 11.8 Å². The van der Waals surface area contributed by atoms with E-state index in [0.29, 0.717) is 6.54 Å². The van der Waals surface area contributed by atoms with E-state index in [4.69, 9.17) is 0 Å². The minimum absolute atomic E-state index is 0.105. The molecule has 0 spiro atoms. The van der Waals surface area contributed by atoms with Gasteiger partial charge in [-0.25, -0.2) is 4.79 Å². The Kier molecular flexibility index (Phi) is 3.22. The molecule has 2 atom stereocenters. The smallest absolute Gasteiger partial charge is 0.317 e. The maximum absolute atomic E-state index is 12.1. The van der Waals surface area contributed by atoms with E-state index in [2.05, 4.69) is 5.32 Å². The van der Waals surface area contributed by atoms with Crippen molar-refractivity contribution in [3.8, 4) is 0 Å². The van der Waals surface area contributed by atoms with Crippen molar-refractivity contribution in [3.05, 3.63) is 35.9 Å². The van der Waals surface area contributed by atoms with Crippen LogP contribution in [0.5, 0.6) is 0 Å². The van der Waals surface area contributed by atoms with E-state index in [1.165, 1.54) is 19.3 Å². The zero-order chi connectivity index (χ0) is 12.4. The molecular formula is C15H20N2O. The van der Waals surface area contributed by atoms with Crippen LogP contribution in [0.4, 0.5) is 4.79 Å². The Balaban J connectivity index is 1.50. The van der Waals surface area contributed by atoms with Crippen molar-refractivity contribution >= 4 is 6.03 Å². The first kappa shape index (κ1) is 11.6. The van der Waals surface area contributed by atoms with Gasteiger partial charge in [0.25, 0.3) is 0 Å². The summed E-state index contributed by atoms with van der Waals surface area (Å²) in [5.41, 5.74) is 1.16. The summed E-state index contributed by atoms with van der Waals surface area (Å²) in [5.74, 6) is 1.54. The Morgan fingerprint density at radius 1 is 1.17 bits per heavy atom. The van der Waals surface area contributed by atoms with Crippen LogP contribution in [-0.2, 0) is 6.54 Å². The third-order valence-electron chi connectivity index (χ3n) is 4.30. The van der Waals surface area contributed by atoms with Gasteiger partial charge in [-0.1, -0.05) is 36.8 Å². The summed E-state index contributed by atoms with van der Waals surface area (Å²) in [7, 11) is 0. The molecule has 2 fully saturated rings. The van der Waals surface area contributed by atoms with Gasteiger partial charge >= 0.3 is 6.03 Å². The molecule has 1 aromatic carbocycles. The minimum atomic E-state index is 0.105. The van der Waals surface area contributed by atoms with Gasteiger partial charge in [0.2, 0.25) is 0 Å². The van der Waals surface area contributed by atoms with Crippen LogP contribution >= 0.6 is 0 Å². The van der Waals surface area contributed by atoms with Gasteiger partial charge in [-0.05, 0) is 30.2 Å². The summed E-state index contributed by atoms with van der Waals surface area (Å²) in [5, 5.41) is 3.02. The highest BCUT2D eigenvalue weighted by Crippen LogP contribution is 2.37. The van der Waals surface area contributed by atoms with Gasteiger partial charge in [-0.2, -0.15) is 0 Å². The Bertz CT molecular complexity index is 406. The minimum Gasteiger partial charge on any atom is -0.334 e. The monoisotopic (exact) mass is 244 g/mol. The van der Waals surface area contributed by atoms with Gasteiger partial charge in [-0.15, -0.1) is 0 Å². The third-order valence-corrected chi connectivity index (χ3v) is 4.30. The SMILES string of the molecule is O=C(NCc1ccccc1)N1CC2CCCC2C1. The van der Waals surface area contributed by atoms with Gasteiger partial charge in [0.05, 0.1) is 0 Å². The van der Waals surface area contributed by atoms with Gasteiger partial charge < -0.3 is 10.2 Å². The first-order chi connectivity index (χ1) is 8.83. The third kappa shape index (κ3) is 2.35. The Morgan fingerprint density at radius 2 is 1.83 bits per heavy atom. The Labute approximate surface area is 108 Å². The molecule has 3 nitrogen and oxygen atoms in total. The number of amides is 2. The molecule has 1 aliphatic heterocycles. The number of carbonyl (C=O) groups excluding carboxylic acids is 1. The summed E-state index contributed by atoms with van der Waals surface area (Å²) >= 11 is 0. The van der Waals surface area contributed by atoms with E-state index in [9.17, 15) is 4.79 Å². The summed E-state index contributed by atoms with van der Waals surface area (Å²) in [6.07, 6.45) is 3.98. The second kappa shape index (κ2) is 5.01. The Hall–Kier alpha value is -1.51. The van der Waals surface area contributed by atoms with Crippen molar-refractivity contribution in [2.45, 2.75) is 25.8 Å². The van der Waals surface area contributed by atoms with Crippen molar-refractivity contribution < 1.29 is 4.79 Å². The first-order valence-corrected chi connectivity index (χ1v) is 6.89. The number of benzene rings is 1. The van der Waals surface area contributed by atoms with Crippen molar-refractivity contribution in [1.82, 2.24) is 10.2 Å². The number of nitrogens with one attached hydrogen (secondary N) is 1. The number of nitrogens with zero attached hydrogens (tertiary/aromatic N) is 1. The predicted molar refractivity (Wildman–Crippen MR) is 71.1 cm³/mol. The van der Waals surface area contributed by atoms with Crippen LogP contribution in [0.25, 0.3) is 0 Å². The molecule has 1 aromatic rings. The molecule has 1 saturated heterocycles. The predicted octanol–water partition coefficient (Wildman–Crippen LogP) is 2.63. The van der Waals surface area contributed by atoms with E-state index in [0.717, 1.165) is 30.5 Å². The number of likely N-dealkylation sites (tertiary alicyclic amines) is 1. The van der Waals surface area contributed by atoms with Gasteiger partial charge in [0.1, 0.15) is 0 Å². The fourth-order valence-corrected chi connectivity index (χ4v) is 3.29. The van der Waals surface area contributed by atoms with Crippen LogP contribution in [-0.4, -0.2) is 24.0 Å². The van der Waals surface area contributed by atoms with Crippen LogP contribution < -0.4 is 5.32 Å². The van der Waals surface area contributed by atoms with Gasteiger partial charge in [-0.3, -0.25) is 0 Å². The number of fused-ring (bicyclic) bond motifs is 1. The fourth-order valence-electron chi connectivity index (χ4n) is 3.29. The van der Waals surface area contributed by atoms with Crippen LogP contribution in [0.3, 0.4) is 0 Å². The van der Waals surface area contributed by atoms with Crippen LogP contribution in [0.15, 0.2) is 30.3 Å². The molecule has 0 aromatic heterocycles. The van der Waals surface area contributed by atoms with Crippen molar-refractivity contribution in [2.75, 3.05) is 13.1 Å². The number of carbonyl (C=O) groups is 1. The molecule has 0 bridgehead atoms. The van der Waals surface area contributed by atoms with E-state index >= 15 is 0 Å². The molecule has 0 radical (unpaired) electrons. The topological polar surface area (TPSA) is 32.3 Å². The summed E-state index contributed by atoms with van der Waals surface area (Å²) < 4.78 is 0. The second-order valence-corrected chi connectivity index (χ2v) is 5.50. The molecule has 96 valence electrons. The van der Waals surface area contributed by atoms with E-state index in [-0.39, 0.29) is 6.03 Å². The molecule has 1 heterocycles. The molecule has 3 rings (SSSR count). The van der Waals surface area contributed by atoms with Gasteiger partial charge in [0.15, 0.2) is 0 Å². The molecule has 2 aliphatic rings. The van der Waals surface area contributed by atoms with E-state index < -0.39 is 0 Å². The Morgan fingerprint density at radius 3 is 2.50 bits per heavy atom. The zero-order valence-electron chi connectivity index (χ0n) is 10.6. The standard InChI is InChI=1S/C15H20N2O/c18-15(16-9-12-5-2-1-3-6-12)17-10-13-7-4-8-14(13)11-17/h1-3,5-6,13-14H,4,7-11H2,(H,16,18). The number of rotatable bonds is 2. The summed E-state index contributed by atoms with van der Waals surface area (Å²) in [6.45, 7) is 2.56. The van der Waals surface area contributed by atoms with Crippen LogP contribution in [0.2, 0.25) is 0 Å². The lowest BCUT2D eigenvalue weighted by molar-refractivity contribution is 0.204. The van der Waals surface area contributed by atoms with E-state index in [1.807, 2.05) is 35.2 Å². The lowest BCUT2D eigenvalue weighted by Gasteiger charge is -2.18. The molecule has 1 saturated carbocycles. The average Bonchev–Trinajstić information content (AvgIpc) is 2.98. The van der Waals surface area contributed by atoms with E-state index in [1.54, 1.807) is 0 Å². The zero-order valence-corrected chi connectivity index (χ0v) is 10.6. The molecular weight excluding hydrogens is 224 g/mol. The first-order valence-electron chi connectivity index (χ1n) is 6.89. The molecule has 3 heteroatoms. The molecule has 1 aliphatic carbocycles. The quantitative estimate of drug-likeness (QED) is 0.852. The highest BCUT2D eigenvalue weighted by molar-refractivity contribution is 5.74. The van der Waals surface area contributed by atoms with Crippen molar-refractivity contribution in [3.63, 3.8) is 0 Å². The maximum Gasteiger partial charge on any atom is 0.317 e. The number of hydrogen-bond donors (Lipinski definition) is 1. The van der Waals surface area contributed by atoms with Crippen LogP contribution in [0.1, 0.15) is 24.8 Å². The number of hydrogen-bond acceptors (Lipinski definition) is 1. The highest BCUT2D eigenvalue weighted by Gasteiger charge is 2.37. The normalized spacial score (nSPS) is 26.1. The molecule has 1 N–H and O–H groups in total. The summed E-state index contributed by atoms with van der Waals surface area (Å²) in [4.78, 5) is 14.1. The summed E-state index contributed by atoms with van der Waals surface area (Å²) in [6, 6.07) is 10.2. The average molecular weight is 244 g/mol. The van der Waals surface area contributed by atoms with Gasteiger partial charge in [0, 0.05) is 19.6 Å². The molecule has 2 amide bonds.